The number of hydrogen-bond acceptors (Lipinski definition) is 3. The molecule has 0 aromatic heterocycles. The topological polar surface area (TPSA) is 72.2 Å². The molecule has 0 amide bonds. The zero-order chi connectivity index (χ0) is 12.5. The van der Waals surface area contributed by atoms with Gasteiger partial charge in [-0.2, -0.15) is 0 Å². The zero-order valence-electron chi connectivity index (χ0n) is 8.79. The van der Waals surface area contributed by atoms with E-state index < -0.39 is 32.6 Å². The Bertz CT molecular complexity index is 500. The van der Waals surface area contributed by atoms with Gasteiger partial charge in [-0.3, -0.25) is 4.72 Å². The second-order valence-electron chi connectivity index (χ2n) is 3.52. The van der Waals surface area contributed by atoms with E-state index in [9.17, 15) is 17.2 Å². The maximum absolute atomic E-state index is 13.3. The van der Waals surface area contributed by atoms with E-state index in [4.69, 9.17) is 5.73 Å². The summed E-state index contributed by atoms with van der Waals surface area (Å²) in [5, 5.41) is -0.769. The lowest BCUT2D eigenvalue weighted by atomic mass is 10.2. The van der Waals surface area contributed by atoms with Crippen LogP contribution in [0.5, 0.6) is 0 Å². The van der Waals surface area contributed by atoms with Crippen LogP contribution in [0, 0.1) is 11.6 Å². The molecule has 0 saturated heterocycles. The first-order valence-corrected chi connectivity index (χ1v) is 6.05. The highest BCUT2D eigenvalue weighted by molar-refractivity contribution is 7.93. The molecule has 0 aliphatic rings. The van der Waals surface area contributed by atoms with E-state index in [1.54, 1.807) is 0 Å². The van der Waals surface area contributed by atoms with Crippen LogP contribution in [0.4, 0.5) is 20.2 Å². The van der Waals surface area contributed by atoms with Gasteiger partial charge in [0, 0.05) is 0 Å². The summed E-state index contributed by atoms with van der Waals surface area (Å²) in [7, 11) is -3.75. The Labute approximate surface area is 92.5 Å². The maximum Gasteiger partial charge on any atom is 0.235 e. The monoisotopic (exact) mass is 250 g/mol. The first-order valence-electron chi connectivity index (χ1n) is 4.51. The van der Waals surface area contributed by atoms with Gasteiger partial charge < -0.3 is 5.73 Å². The second kappa shape index (κ2) is 4.25. The van der Waals surface area contributed by atoms with Gasteiger partial charge in [-0.25, -0.2) is 17.2 Å². The van der Waals surface area contributed by atoms with E-state index in [0.717, 1.165) is 12.1 Å². The second-order valence-corrected chi connectivity index (χ2v) is 5.76. The third-order valence-electron chi connectivity index (χ3n) is 1.99. The van der Waals surface area contributed by atoms with Crippen LogP contribution >= 0.6 is 0 Å². The lowest BCUT2D eigenvalue weighted by Gasteiger charge is -2.13. The molecule has 0 saturated carbocycles. The summed E-state index contributed by atoms with van der Waals surface area (Å²) in [6.07, 6.45) is 0. The average Bonchev–Trinajstić information content (AvgIpc) is 2.18. The van der Waals surface area contributed by atoms with E-state index in [0.29, 0.717) is 0 Å². The lowest BCUT2D eigenvalue weighted by molar-refractivity contribution is 0.512. The summed E-state index contributed by atoms with van der Waals surface area (Å²) < 4.78 is 51.0. The minimum absolute atomic E-state index is 0.164. The summed E-state index contributed by atoms with van der Waals surface area (Å²) in [5.41, 5.74) is 4.65. The third kappa shape index (κ3) is 2.41. The molecule has 7 heteroatoms. The smallest absolute Gasteiger partial charge is 0.235 e. The van der Waals surface area contributed by atoms with E-state index in [1.165, 1.54) is 13.8 Å². The van der Waals surface area contributed by atoms with Crippen molar-refractivity contribution in [2.24, 2.45) is 0 Å². The van der Waals surface area contributed by atoms with Crippen molar-refractivity contribution in [1.82, 2.24) is 0 Å². The summed E-state index contributed by atoms with van der Waals surface area (Å²) in [4.78, 5) is 0. The lowest BCUT2D eigenvalue weighted by Crippen LogP contribution is -2.24. The van der Waals surface area contributed by atoms with E-state index >= 15 is 0 Å². The van der Waals surface area contributed by atoms with Gasteiger partial charge in [-0.15, -0.1) is 0 Å². The Hall–Kier alpha value is -1.37. The van der Waals surface area contributed by atoms with Crippen LogP contribution in [0.2, 0.25) is 0 Å². The van der Waals surface area contributed by atoms with Gasteiger partial charge in [-0.1, -0.05) is 0 Å². The molecule has 3 N–H and O–H groups in total. The summed E-state index contributed by atoms with van der Waals surface area (Å²) in [6, 6.07) is 1.93. The molecule has 1 aromatic carbocycles. The van der Waals surface area contributed by atoms with E-state index in [1.807, 2.05) is 4.72 Å². The van der Waals surface area contributed by atoms with Crippen LogP contribution in [-0.4, -0.2) is 13.7 Å². The highest BCUT2D eigenvalue weighted by atomic mass is 32.2. The fraction of sp³-hybridized carbons (Fsp3) is 0.333. The molecule has 0 radical (unpaired) electrons. The molecule has 0 aliphatic heterocycles. The van der Waals surface area contributed by atoms with Crippen molar-refractivity contribution in [3.63, 3.8) is 0 Å². The average molecular weight is 250 g/mol. The fourth-order valence-corrected chi connectivity index (χ4v) is 1.66. The highest BCUT2D eigenvalue weighted by Gasteiger charge is 2.20. The van der Waals surface area contributed by atoms with Gasteiger partial charge in [0.1, 0.15) is 5.69 Å². The normalized spacial score (nSPS) is 11.8. The van der Waals surface area contributed by atoms with Crippen LogP contribution < -0.4 is 10.5 Å². The molecule has 1 aromatic rings. The van der Waals surface area contributed by atoms with Gasteiger partial charge in [0.25, 0.3) is 0 Å². The zero-order valence-corrected chi connectivity index (χ0v) is 9.61. The number of anilines is 2. The largest absolute Gasteiger partial charge is 0.397 e. The Balaban J connectivity index is 3.21. The number of nitrogen functional groups attached to an aromatic ring is 1. The maximum atomic E-state index is 13.3. The van der Waals surface area contributed by atoms with E-state index in [2.05, 4.69) is 0 Å². The molecule has 1 rings (SSSR count). The number of nitrogens with two attached hydrogens (primary N) is 1. The van der Waals surface area contributed by atoms with Crippen LogP contribution in [0.3, 0.4) is 0 Å². The van der Waals surface area contributed by atoms with Crippen LogP contribution in [0.25, 0.3) is 0 Å². The SMILES string of the molecule is CC(C)S(=O)(=O)Nc1c(N)ccc(F)c1F. The Morgan fingerprint density at radius 2 is 1.88 bits per heavy atom. The highest BCUT2D eigenvalue weighted by Crippen LogP contribution is 2.26. The Kier molecular flexibility index (Phi) is 3.37. The van der Waals surface area contributed by atoms with Crippen molar-refractivity contribution in [3.8, 4) is 0 Å². The van der Waals surface area contributed by atoms with Gasteiger partial charge in [-0.05, 0) is 26.0 Å². The van der Waals surface area contributed by atoms with Crippen molar-refractivity contribution in [3.05, 3.63) is 23.8 Å². The predicted octanol–water partition coefficient (Wildman–Crippen LogP) is 1.70. The van der Waals surface area contributed by atoms with E-state index in [-0.39, 0.29) is 5.69 Å². The third-order valence-corrected chi connectivity index (χ3v) is 3.72. The molecule has 0 heterocycles. The van der Waals surface area contributed by atoms with Crippen LogP contribution in [-0.2, 0) is 10.0 Å². The van der Waals surface area contributed by atoms with Crippen molar-refractivity contribution in [1.29, 1.82) is 0 Å². The number of rotatable bonds is 3. The Morgan fingerprint density at radius 3 is 2.38 bits per heavy atom. The molecule has 4 nitrogen and oxygen atoms in total. The van der Waals surface area contributed by atoms with Crippen LogP contribution in [0.15, 0.2) is 12.1 Å². The molecule has 0 unspecified atom stereocenters. The number of benzene rings is 1. The minimum atomic E-state index is -3.75. The molecule has 0 aliphatic carbocycles. The van der Waals surface area contributed by atoms with Crippen molar-refractivity contribution >= 4 is 21.4 Å². The first-order chi connectivity index (χ1) is 7.25. The molecular formula is C9H12F2N2O2S. The molecule has 90 valence electrons. The Morgan fingerprint density at radius 1 is 1.31 bits per heavy atom. The van der Waals surface area contributed by atoms with Crippen molar-refractivity contribution < 1.29 is 17.2 Å². The molecule has 0 atom stereocenters. The molecule has 0 bridgehead atoms. The number of nitrogens with one attached hydrogen (secondary N) is 1. The molecule has 0 fully saturated rings. The standard InChI is InChI=1S/C9H12F2N2O2S/c1-5(2)16(14,15)13-9-7(12)4-3-6(10)8(9)11/h3-5,13H,12H2,1-2H3. The van der Waals surface area contributed by atoms with Gasteiger partial charge >= 0.3 is 0 Å². The molecule has 16 heavy (non-hydrogen) atoms. The predicted molar refractivity (Wildman–Crippen MR) is 58.4 cm³/mol. The van der Waals surface area contributed by atoms with Crippen LogP contribution in [0.1, 0.15) is 13.8 Å². The fourth-order valence-electron chi connectivity index (χ4n) is 0.929. The first kappa shape index (κ1) is 12.7. The number of sulfonamides is 1. The molecular weight excluding hydrogens is 238 g/mol. The van der Waals surface area contributed by atoms with Crippen molar-refractivity contribution in [2.75, 3.05) is 10.5 Å². The summed E-state index contributed by atoms with van der Waals surface area (Å²) >= 11 is 0. The minimum Gasteiger partial charge on any atom is -0.397 e. The quantitative estimate of drug-likeness (QED) is 0.802. The number of halogens is 2. The van der Waals surface area contributed by atoms with Gasteiger partial charge in [0.15, 0.2) is 11.6 Å². The summed E-state index contributed by atoms with van der Waals surface area (Å²) in [6.45, 7) is 2.82. The summed E-state index contributed by atoms with van der Waals surface area (Å²) in [5.74, 6) is -2.46. The molecule has 0 spiro atoms. The van der Waals surface area contributed by atoms with Gasteiger partial charge in [0.05, 0.1) is 10.9 Å². The van der Waals surface area contributed by atoms with Crippen molar-refractivity contribution in [2.45, 2.75) is 19.1 Å². The van der Waals surface area contributed by atoms with Gasteiger partial charge in [0.2, 0.25) is 10.0 Å². The number of hydrogen-bond donors (Lipinski definition) is 2.